The van der Waals surface area contributed by atoms with Gasteiger partial charge in [0, 0.05) is 24.8 Å². The monoisotopic (exact) mass is 434 g/mol. The van der Waals surface area contributed by atoms with Crippen molar-refractivity contribution >= 4 is 29.9 Å². The molecule has 3 N–H and O–H groups in total. The predicted molar refractivity (Wildman–Crippen MR) is 102 cm³/mol. The molecule has 0 saturated heterocycles. The average Bonchev–Trinajstić information content (AvgIpc) is 2.55. The van der Waals surface area contributed by atoms with Crippen molar-refractivity contribution in [3.8, 4) is 5.88 Å². The molecule has 1 fully saturated rings. The number of aliphatic imine (C=N–C) groups is 1. The van der Waals surface area contributed by atoms with Crippen LogP contribution >= 0.6 is 24.0 Å². The summed E-state index contributed by atoms with van der Waals surface area (Å²) >= 11 is 0. The summed E-state index contributed by atoms with van der Waals surface area (Å²) in [4.78, 5) is 8.72. The van der Waals surface area contributed by atoms with Crippen LogP contribution in [0.3, 0.4) is 0 Å². The molecule has 0 bridgehead atoms. The maximum absolute atomic E-state index is 9.57. The van der Waals surface area contributed by atoms with Crippen LogP contribution in [0.15, 0.2) is 23.3 Å². The molecule has 0 unspecified atom stereocenters. The van der Waals surface area contributed by atoms with Crippen molar-refractivity contribution in [3.63, 3.8) is 0 Å². The molecule has 0 amide bonds. The molecule has 7 heteroatoms. The number of nitrogens with zero attached hydrogens (tertiary/aromatic N) is 2. The van der Waals surface area contributed by atoms with Gasteiger partial charge < -0.3 is 20.5 Å². The van der Waals surface area contributed by atoms with Gasteiger partial charge in [0.1, 0.15) is 0 Å². The number of pyridine rings is 1. The molecule has 0 atom stereocenters. The van der Waals surface area contributed by atoms with Crippen LogP contribution in [0.25, 0.3) is 0 Å². The normalized spacial score (nSPS) is 21.3. The van der Waals surface area contributed by atoms with Gasteiger partial charge in [-0.15, -0.1) is 24.0 Å². The minimum Gasteiger partial charge on any atom is -0.481 e. The Morgan fingerprint density at radius 3 is 2.78 bits per heavy atom. The first-order valence-corrected chi connectivity index (χ1v) is 7.93. The molecule has 1 aliphatic carbocycles. The van der Waals surface area contributed by atoms with E-state index in [1.807, 2.05) is 12.1 Å². The highest BCUT2D eigenvalue weighted by Crippen LogP contribution is 2.18. The second-order valence-corrected chi connectivity index (χ2v) is 5.55. The molecule has 1 saturated carbocycles. The standard InChI is InChI=1S/C16H26N4O2.HI/c1-3-17-16(20-13-4-6-14(21)7-5-13)19-11-12-8-9-18-15(10-12)22-2;/h8-10,13-14,21H,3-7,11H2,1-2H3,(H2,17,19,20);1H. The van der Waals surface area contributed by atoms with Gasteiger partial charge in [0.15, 0.2) is 5.96 Å². The second kappa shape index (κ2) is 10.6. The highest BCUT2D eigenvalue weighted by atomic mass is 127. The van der Waals surface area contributed by atoms with E-state index in [0.29, 0.717) is 18.5 Å². The molecule has 1 aromatic rings. The summed E-state index contributed by atoms with van der Waals surface area (Å²) in [6.45, 7) is 3.45. The van der Waals surface area contributed by atoms with E-state index in [0.717, 1.165) is 43.8 Å². The van der Waals surface area contributed by atoms with Crippen LogP contribution in [-0.4, -0.2) is 41.9 Å². The van der Waals surface area contributed by atoms with Crippen molar-refractivity contribution in [2.24, 2.45) is 4.99 Å². The summed E-state index contributed by atoms with van der Waals surface area (Å²) in [6.07, 6.45) is 5.27. The first-order chi connectivity index (χ1) is 10.7. The molecular formula is C16H27IN4O2. The maximum Gasteiger partial charge on any atom is 0.213 e. The van der Waals surface area contributed by atoms with E-state index in [1.165, 1.54) is 0 Å². The number of aromatic nitrogens is 1. The topological polar surface area (TPSA) is 78.8 Å². The molecule has 23 heavy (non-hydrogen) atoms. The Bertz CT molecular complexity index is 491. The third kappa shape index (κ3) is 6.90. The van der Waals surface area contributed by atoms with Gasteiger partial charge in [0.05, 0.1) is 19.8 Å². The van der Waals surface area contributed by atoms with Crippen molar-refractivity contribution < 1.29 is 9.84 Å². The van der Waals surface area contributed by atoms with Crippen LogP contribution in [0.2, 0.25) is 0 Å². The molecule has 1 aromatic heterocycles. The van der Waals surface area contributed by atoms with Gasteiger partial charge in [-0.3, -0.25) is 0 Å². The van der Waals surface area contributed by atoms with E-state index in [9.17, 15) is 5.11 Å². The van der Waals surface area contributed by atoms with Crippen LogP contribution in [0.4, 0.5) is 0 Å². The van der Waals surface area contributed by atoms with Gasteiger partial charge in [-0.1, -0.05) is 0 Å². The highest BCUT2D eigenvalue weighted by molar-refractivity contribution is 14.0. The minimum atomic E-state index is -0.137. The Kier molecular flexibility index (Phi) is 9.23. The van der Waals surface area contributed by atoms with Crippen molar-refractivity contribution in [2.75, 3.05) is 13.7 Å². The lowest BCUT2D eigenvalue weighted by molar-refractivity contribution is 0.120. The summed E-state index contributed by atoms with van der Waals surface area (Å²) in [5.41, 5.74) is 1.06. The average molecular weight is 434 g/mol. The fourth-order valence-electron chi connectivity index (χ4n) is 2.56. The van der Waals surface area contributed by atoms with Gasteiger partial charge in [-0.25, -0.2) is 9.98 Å². The lowest BCUT2D eigenvalue weighted by Gasteiger charge is -2.27. The van der Waals surface area contributed by atoms with Crippen molar-refractivity contribution in [1.29, 1.82) is 0 Å². The van der Waals surface area contributed by atoms with E-state index < -0.39 is 0 Å². The molecule has 0 radical (unpaired) electrons. The van der Waals surface area contributed by atoms with Gasteiger partial charge in [0.2, 0.25) is 5.88 Å². The number of rotatable bonds is 5. The lowest BCUT2D eigenvalue weighted by atomic mass is 9.93. The zero-order valence-electron chi connectivity index (χ0n) is 13.8. The largest absolute Gasteiger partial charge is 0.481 e. The van der Waals surface area contributed by atoms with E-state index in [-0.39, 0.29) is 30.1 Å². The van der Waals surface area contributed by atoms with Gasteiger partial charge in [-0.05, 0) is 44.2 Å². The SMILES string of the molecule is CCNC(=NCc1ccnc(OC)c1)NC1CCC(O)CC1.I. The van der Waals surface area contributed by atoms with Crippen LogP contribution in [0, 0.1) is 0 Å². The molecule has 0 aliphatic heterocycles. The smallest absolute Gasteiger partial charge is 0.213 e. The summed E-state index contributed by atoms with van der Waals surface area (Å²) in [6, 6.07) is 4.21. The first-order valence-electron chi connectivity index (χ1n) is 7.93. The Morgan fingerprint density at radius 1 is 1.39 bits per heavy atom. The number of methoxy groups -OCH3 is 1. The molecule has 1 aliphatic rings. The predicted octanol–water partition coefficient (Wildman–Crippen LogP) is 2.07. The van der Waals surface area contributed by atoms with Crippen LogP contribution in [0.1, 0.15) is 38.2 Å². The molecular weight excluding hydrogens is 407 g/mol. The fraction of sp³-hybridized carbons (Fsp3) is 0.625. The summed E-state index contributed by atoms with van der Waals surface area (Å²) in [5, 5.41) is 16.3. The number of hydrogen-bond donors (Lipinski definition) is 3. The van der Waals surface area contributed by atoms with E-state index in [2.05, 4.69) is 27.5 Å². The van der Waals surface area contributed by atoms with Crippen LogP contribution in [0.5, 0.6) is 5.88 Å². The van der Waals surface area contributed by atoms with Crippen LogP contribution in [-0.2, 0) is 6.54 Å². The number of guanidine groups is 1. The number of aliphatic hydroxyl groups is 1. The molecule has 2 rings (SSSR count). The number of hydrogen-bond acceptors (Lipinski definition) is 4. The number of nitrogens with one attached hydrogen (secondary N) is 2. The summed E-state index contributed by atoms with van der Waals surface area (Å²) < 4.78 is 5.13. The Balaban J connectivity index is 0.00000264. The van der Waals surface area contributed by atoms with Crippen molar-refractivity contribution in [1.82, 2.24) is 15.6 Å². The first kappa shape index (κ1) is 20.0. The maximum atomic E-state index is 9.57. The van der Waals surface area contributed by atoms with Gasteiger partial charge >= 0.3 is 0 Å². The summed E-state index contributed by atoms with van der Waals surface area (Å²) in [7, 11) is 1.61. The number of aliphatic hydroxyl groups excluding tert-OH is 1. The fourth-order valence-corrected chi connectivity index (χ4v) is 2.56. The van der Waals surface area contributed by atoms with Crippen LogP contribution < -0.4 is 15.4 Å². The van der Waals surface area contributed by atoms with Gasteiger partial charge in [0.25, 0.3) is 0 Å². The van der Waals surface area contributed by atoms with Crippen molar-refractivity contribution in [2.45, 2.75) is 51.3 Å². The number of ether oxygens (including phenoxy) is 1. The molecule has 0 spiro atoms. The number of halogens is 1. The molecule has 0 aromatic carbocycles. The lowest BCUT2D eigenvalue weighted by Crippen LogP contribution is -2.45. The van der Waals surface area contributed by atoms with E-state index in [4.69, 9.17) is 4.74 Å². The van der Waals surface area contributed by atoms with E-state index in [1.54, 1.807) is 13.3 Å². The Hall–Kier alpha value is -1.09. The second-order valence-electron chi connectivity index (χ2n) is 5.55. The quantitative estimate of drug-likeness (QED) is 0.376. The third-order valence-corrected chi connectivity index (χ3v) is 3.81. The Morgan fingerprint density at radius 2 is 2.13 bits per heavy atom. The van der Waals surface area contributed by atoms with Gasteiger partial charge in [-0.2, -0.15) is 0 Å². The highest BCUT2D eigenvalue weighted by Gasteiger charge is 2.19. The molecule has 130 valence electrons. The zero-order valence-corrected chi connectivity index (χ0v) is 16.1. The third-order valence-electron chi connectivity index (χ3n) is 3.81. The Labute approximate surface area is 155 Å². The molecule has 6 nitrogen and oxygen atoms in total. The summed E-state index contributed by atoms with van der Waals surface area (Å²) in [5.74, 6) is 1.42. The minimum absolute atomic E-state index is 0. The zero-order chi connectivity index (χ0) is 15.8. The van der Waals surface area contributed by atoms with E-state index >= 15 is 0 Å². The molecule has 1 heterocycles. The van der Waals surface area contributed by atoms with Crippen molar-refractivity contribution in [3.05, 3.63) is 23.9 Å².